The SMILES string of the molecule is CCn1c(-c2cc(N3CCN(C4CC4)CC3)cnc2[C@H](C)OC)c(CC(C)(C)COC(=O)C[C@@H]2CCCN(C(=O)OC(C)(C)C)N2C(=O)OC(C)(C)C)c2cc(Br)ccc21. The lowest BCUT2D eigenvalue weighted by molar-refractivity contribution is -0.151. The van der Waals surface area contributed by atoms with Gasteiger partial charge in [0.2, 0.25) is 0 Å². The van der Waals surface area contributed by atoms with Crippen LogP contribution in [-0.2, 0) is 36.7 Å². The summed E-state index contributed by atoms with van der Waals surface area (Å²) in [6.45, 7) is 24.2. The minimum atomic E-state index is -0.816. The van der Waals surface area contributed by atoms with Gasteiger partial charge >= 0.3 is 18.2 Å². The second-order valence-corrected chi connectivity index (χ2v) is 20.3. The van der Waals surface area contributed by atoms with E-state index >= 15 is 0 Å². The van der Waals surface area contributed by atoms with Crippen LogP contribution in [0.25, 0.3) is 22.2 Å². The number of hydrogen-bond acceptors (Lipinski definition) is 10. The Morgan fingerprint density at radius 1 is 0.900 bits per heavy atom. The Balaban J connectivity index is 1.28. The smallest absolute Gasteiger partial charge is 0.429 e. The molecule has 1 aromatic carbocycles. The first-order valence-electron chi connectivity index (χ1n) is 21.7. The number of pyridine rings is 1. The summed E-state index contributed by atoms with van der Waals surface area (Å²) in [5.41, 5.74) is 4.28. The molecule has 2 saturated heterocycles. The lowest BCUT2D eigenvalue weighted by Gasteiger charge is -2.43. The van der Waals surface area contributed by atoms with Crippen molar-refractivity contribution < 1.29 is 33.3 Å². The van der Waals surface area contributed by atoms with E-state index in [4.69, 9.17) is 23.9 Å². The van der Waals surface area contributed by atoms with E-state index in [1.54, 1.807) is 48.7 Å². The minimum Gasteiger partial charge on any atom is -0.465 e. The van der Waals surface area contributed by atoms with E-state index in [0.29, 0.717) is 19.3 Å². The summed E-state index contributed by atoms with van der Waals surface area (Å²) in [5, 5.41) is 3.65. The third-order valence-electron chi connectivity index (χ3n) is 11.5. The van der Waals surface area contributed by atoms with Crippen LogP contribution in [0.1, 0.15) is 119 Å². The van der Waals surface area contributed by atoms with Crippen molar-refractivity contribution in [2.45, 2.75) is 144 Å². The van der Waals surface area contributed by atoms with Gasteiger partial charge in [-0.1, -0.05) is 29.8 Å². The van der Waals surface area contributed by atoms with Crippen LogP contribution in [0.5, 0.6) is 0 Å². The number of rotatable bonds is 12. The van der Waals surface area contributed by atoms with Gasteiger partial charge in [-0.2, -0.15) is 0 Å². The molecule has 0 bridgehead atoms. The fourth-order valence-corrected chi connectivity index (χ4v) is 8.82. The third kappa shape index (κ3) is 10.9. The van der Waals surface area contributed by atoms with Crippen molar-refractivity contribution in [3.63, 3.8) is 0 Å². The average molecular weight is 896 g/mol. The number of carbonyl (C=O) groups excluding carboxylic acids is 3. The highest BCUT2D eigenvalue weighted by molar-refractivity contribution is 9.10. The van der Waals surface area contributed by atoms with Crippen molar-refractivity contribution in [3.8, 4) is 11.3 Å². The van der Waals surface area contributed by atoms with Crippen LogP contribution in [0.4, 0.5) is 15.3 Å². The second-order valence-electron chi connectivity index (χ2n) is 19.4. The van der Waals surface area contributed by atoms with Crippen LogP contribution in [0.2, 0.25) is 0 Å². The number of carbonyl (C=O) groups is 3. The highest BCUT2D eigenvalue weighted by Gasteiger charge is 2.42. The number of ether oxygens (including phenoxy) is 4. The molecule has 1 aliphatic carbocycles. The monoisotopic (exact) mass is 894 g/mol. The molecule has 0 unspecified atom stereocenters. The second kappa shape index (κ2) is 18.2. The van der Waals surface area contributed by atoms with Gasteiger partial charge in [-0.25, -0.2) is 19.6 Å². The zero-order valence-corrected chi connectivity index (χ0v) is 39.3. The van der Waals surface area contributed by atoms with Gasteiger partial charge in [0.25, 0.3) is 0 Å². The van der Waals surface area contributed by atoms with Crippen molar-refractivity contribution in [3.05, 3.63) is 46.2 Å². The molecule has 2 aliphatic heterocycles. The molecule has 2 aromatic heterocycles. The maximum Gasteiger partial charge on any atom is 0.429 e. The van der Waals surface area contributed by atoms with Gasteiger partial charge in [-0.05, 0) is 117 Å². The van der Waals surface area contributed by atoms with Gasteiger partial charge < -0.3 is 28.4 Å². The van der Waals surface area contributed by atoms with Crippen LogP contribution in [0.15, 0.2) is 34.9 Å². The number of hydrazine groups is 1. The number of hydrogen-bond donors (Lipinski definition) is 0. The van der Waals surface area contributed by atoms with Crippen LogP contribution in [-0.4, -0.2) is 112 Å². The van der Waals surface area contributed by atoms with Crippen LogP contribution in [0, 0.1) is 5.41 Å². The van der Waals surface area contributed by atoms with Gasteiger partial charge in [-0.15, -0.1) is 0 Å². The Labute approximate surface area is 365 Å². The van der Waals surface area contributed by atoms with E-state index in [1.807, 2.05) is 13.1 Å². The number of halogens is 1. The molecule has 3 aliphatic rings. The molecule has 0 N–H and O–H groups in total. The topological polar surface area (TPSA) is 119 Å². The number of methoxy groups -OCH3 is 1. The van der Waals surface area contributed by atoms with Gasteiger partial charge in [0, 0.05) is 78.8 Å². The predicted molar refractivity (Wildman–Crippen MR) is 238 cm³/mol. The Kier molecular flexibility index (Phi) is 13.9. The number of fused-ring (bicyclic) bond motifs is 1. The van der Waals surface area contributed by atoms with Crippen LogP contribution in [0.3, 0.4) is 0 Å². The lowest BCUT2D eigenvalue weighted by atomic mass is 9.84. The summed E-state index contributed by atoms with van der Waals surface area (Å²) < 4.78 is 26.8. The molecule has 1 saturated carbocycles. The Hall–Kier alpha value is -3.88. The zero-order chi connectivity index (χ0) is 43.7. The Bertz CT molecular complexity index is 2020. The summed E-state index contributed by atoms with van der Waals surface area (Å²) in [7, 11) is 1.72. The number of aromatic nitrogens is 2. The van der Waals surface area contributed by atoms with Gasteiger partial charge in [0.15, 0.2) is 0 Å². The summed E-state index contributed by atoms with van der Waals surface area (Å²) in [5.74, 6) is -0.457. The molecule has 60 heavy (non-hydrogen) atoms. The molecule has 6 rings (SSSR count). The first kappa shape index (κ1) is 45.6. The molecule has 3 aromatic rings. The molecule has 2 atom stereocenters. The lowest BCUT2D eigenvalue weighted by Crippen LogP contribution is -2.60. The quantitative estimate of drug-likeness (QED) is 0.129. The average Bonchev–Trinajstić information content (AvgIpc) is 3.99. The molecular weight excluding hydrogens is 828 g/mol. The van der Waals surface area contributed by atoms with Crippen LogP contribution < -0.4 is 4.90 Å². The molecule has 0 radical (unpaired) electrons. The standard InChI is InChI=1S/C46H67BrN6O7/c1-12-51-38-18-15-31(47)24-35(38)37(41(51)36-25-34(28-48-40(36)30(2)57-11)50-22-20-49(21-23-50)32-16-17-32)27-46(9,10)29-58-39(54)26-33-14-13-19-52(42(55)59-44(3,4)5)53(33)43(56)60-45(6,7)8/h15,18,24-25,28,30,32-33H,12-14,16-17,19-23,26-27,29H2,1-11H3/t30-,33-/m0/s1. The maximum absolute atomic E-state index is 13.8. The summed E-state index contributed by atoms with van der Waals surface area (Å²) in [6.07, 6.45) is 4.58. The van der Waals surface area contributed by atoms with Crippen molar-refractivity contribution in [1.29, 1.82) is 0 Å². The van der Waals surface area contributed by atoms with E-state index in [2.05, 4.69) is 75.3 Å². The predicted octanol–water partition coefficient (Wildman–Crippen LogP) is 9.53. The first-order valence-corrected chi connectivity index (χ1v) is 22.5. The van der Waals surface area contributed by atoms with Crippen molar-refractivity contribution in [2.75, 3.05) is 51.3 Å². The molecule has 330 valence electrons. The van der Waals surface area contributed by atoms with Crippen molar-refractivity contribution in [2.24, 2.45) is 5.41 Å². The summed E-state index contributed by atoms with van der Waals surface area (Å²) in [6, 6.07) is 8.83. The molecular formula is C46H67BrN6O7. The fourth-order valence-electron chi connectivity index (χ4n) is 8.46. The molecule has 3 fully saturated rings. The summed E-state index contributed by atoms with van der Waals surface area (Å²) in [4.78, 5) is 51.0. The van der Waals surface area contributed by atoms with Crippen molar-refractivity contribution in [1.82, 2.24) is 24.5 Å². The van der Waals surface area contributed by atoms with E-state index in [-0.39, 0.29) is 25.7 Å². The highest BCUT2D eigenvalue weighted by Crippen LogP contribution is 2.43. The largest absolute Gasteiger partial charge is 0.465 e. The summed E-state index contributed by atoms with van der Waals surface area (Å²) >= 11 is 3.75. The van der Waals surface area contributed by atoms with Gasteiger partial charge in [0.1, 0.15) is 11.2 Å². The molecule has 4 heterocycles. The number of nitrogens with zero attached hydrogens (tertiary/aromatic N) is 6. The van der Waals surface area contributed by atoms with Gasteiger partial charge in [0.05, 0.1) is 48.4 Å². The fraction of sp³-hybridized carbons (Fsp3) is 0.652. The molecule has 0 spiro atoms. The first-order chi connectivity index (χ1) is 28.2. The molecule has 2 amide bonds. The van der Waals surface area contributed by atoms with Gasteiger partial charge in [-0.3, -0.25) is 14.7 Å². The number of benzene rings is 1. The Morgan fingerprint density at radius 2 is 1.57 bits per heavy atom. The van der Waals surface area contributed by atoms with E-state index in [0.717, 1.165) is 82.3 Å². The van der Waals surface area contributed by atoms with Crippen LogP contribution >= 0.6 is 15.9 Å². The molecule has 13 nitrogen and oxygen atoms in total. The number of anilines is 1. The number of piperazine rings is 1. The normalized spacial score (nSPS) is 18.8. The maximum atomic E-state index is 13.8. The van der Waals surface area contributed by atoms with E-state index in [9.17, 15) is 14.4 Å². The highest BCUT2D eigenvalue weighted by atomic mass is 79.9. The van der Waals surface area contributed by atoms with Crippen molar-refractivity contribution >= 4 is 50.7 Å². The minimum absolute atomic E-state index is 0.104. The number of aryl methyl sites for hydroxylation is 1. The van der Waals surface area contributed by atoms with E-state index < -0.39 is 40.8 Å². The van der Waals surface area contributed by atoms with E-state index in [1.165, 1.54) is 22.9 Å². The third-order valence-corrected chi connectivity index (χ3v) is 12.0. The molecule has 14 heteroatoms. The number of esters is 1. The number of amides is 2. The Morgan fingerprint density at radius 3 is 2.18 bits per heavy atom. The zero-order valence-electron chi connectivity index (χ0n) is 37.7.